The van der Waals surface area contributed by atoms with Gasteiger partial charge in [0.1, 0.15) is 0 Å². The van der Waals surface area contributed by atoms with Gasteiger partial charge in [0.25, 0.3) is 0 Å². The molecule has 104 valence electrons. The number of nitrogens with one attached hydrogen (secondary N) is 1. The van der Waals surface area contributed by atoms with E-state index in [2.05, 4.69) is 5.32 Å². The molecule has 0 aliphatic rings. The van der Waals surface area contributed by atoms with Gasteiger partial charge < -0.3 is 5.32 Å². The first-order valence-corrected chi connectivity index (χ1v) is 5.72. The lowest BCUT2D eigenvalue weighted by molar-refractivity contribution is -0.392. The summed E-state index contributed by atoms with van der Waals surface area (Å²) in [6.45, 7) is 0. The SMILES string of the molecule is N#Cc1cc([N+](=O)[O-])c(Nc2ccccc2)c([N+](=O)[O-])c1. The Kier molecular flexibility index (Phi) is 3.76. The van der Waals surface area contributed by atoms with Crippen LogP contribution in [0.15, 0.2) is 42.5 Å². The van der Waals surface area contributed by atoms with Crippen molar-refractivity contribution in [3.05, 3.63) is 68.3 Å². The van der Waals surface area contributed by atoms with Crippen molar-refractivity contribution in [1.29, 1.82) is 5.26 Å². The summed E-state index contributed by atoms with van der Waals surface area (Å²) in [7, 11) is 0. The first-order chi connectivity index (χ1) is 10.0. The molecule has 0 aliphatic carbocycles. The van der Waals surface area contributed by atoms with Gasteiger partial charge in [0.2, 0.25) is 0 Å². The molecule has 0 bridgehead atoms. The number of rotatable bonds is 4. The van der Waals surface area contributed by atoms with Crippen molar-refractivity contribution in [3.63, 3.8) is 0 Å². The van der Waals surface area contributed by atoms with E-state index in [0.717, 1.165) is 12.1 Å². The minimum absolute atomic E-state index is 0.146. The summed E-state index contributed by atoms with van der Waals surface area (Å²) >= 11 is 0. The zero-order valence-corrected chi connectivity index (χ0v) is 10.5. The van der Waals surface area contributed by atoms with Crippen molar-refractivity contribution < 1.29 is 9.85 Å². The van der Waals surface area contributed by atoms with E-state index in [1.807, 2.05) is 0 Å². The molecule has 0 fully saturated rings. The van der Waals surface area contributed by atoms with E-state index < -0.39 is 21.2 Å². The molecule has 0 atom stereocenters. The quantitative estimate of drug-likeness (QED) is 0.679. The number of para-hydroxylation sites is 1. The van der Waals surface area contributed by atoms with Crippen molar-refractivity contribution in [3.8, 4) is 6.07 Å². The molecule has 2 aromatic rings. The maximum atomic E-state index is 11.1. The number of nitro benzene ring substituents is 2. The normalized spacial score (nSPS) is 9.67. The van der Waals surface area contributed by atoms with Crippen LogP contribution < -0.4 is 5.32 Å². The third-order valence-corrected chi connectivity index (χ3v) is 2.66. The number of benzene rings is 2. The standard InChI is InChI=1S/C13H8N4O4/c14-8-9-6-11(16(18)19)13(12(7-9)17(20)21)15-10-4-2-1-3-5-10/h1-7,15H. The minimum Gasteiger partial charge on any atom is -0.344 e. The highest BCUT2D eigenvalue weighted by molar-refractivity contribution is 5.80. The van der Waals surface area contributed by atoms with E-state index >= 15 is 0 Å². The minimum atomic E-state index is -0.765. The second-order valence-corrected chi connectivity index (χ2v) is 4.01. The van der Waals surface area contributed by atoms with Gasteiger partial charge in [-0.1, -0.05) is 18.2 Å². The number of hydrogen-bond acceptors (Lipinski definition) is 6. The van der Waals surface area contributed by atoms with E-state index in [-0.39, 0.29) is 11.3 Å². The van der Waals surface area contributed by atoms with Gasteiger partial charge in [0, 0.05) is 17.8 Å². The molecule has 0 spiro atoms. The number of nitrogens with zero attached hydrogens (tertiary/aromatic N) is 3. The van der Waals surface area contributed by atoms with Gasteiger partial charge in [-0.2, -0.15) is 5.26 Å². The summed E-state index contributed by atoms with van der Waals surface area (Å²) in [5.41, 5.74) is -0.982. The Morgan fingerprint density at radius 2 is 1.52 bits per heavy atom. The summed E-state index contributed by atoms with van der Waals surface area (Å²) < 4.78 is 0. The van der Waals surface area contributed by atoms with Gasteiger partial charge in [-0.15, -0.1) is 0 Å². The molecule has 8 nitrogen and oxygen atoms in total. The lowest BCUT2D eigenvalue weighted by Gasteiger charge is -2.08. The monoisotopic (exact) mass is 284 g/mol. The van der Waals surface area contributed by atoms with Crippen LogP contribution in [-0.4, -0.2) is 9.85 Å². The molecule has 0 saturated carbocycles. The second kappa shape index (κ2) is 5.66. The molecular weight excluding hydrogens is 276 g/mol. The maximum Gasteiger partial charge on any atom is 0.301 e. The van der Waals surface area contributed by atoms with Crippen LogP contribution in [0.1, 0.15) is 5.56 Å². The Morgan fingerprint density at radius 1 is 1.00 bits per heavy atom. The highest BCUT2D eigenvalue weighted by atomic mass is 16.6. The van der Waals surface area contributed by atoms with Crippen LogP contribution in [0, 0.1) is 31.6 Å². The van der Waals surface area contributed by atoms with Crippen LogP contribution in [0.4, 0.5) is 22.7 Å². The number of nitriles is 1. The predicted molar refractivity (Wildman–Crippen MR) is 74.2 cm³/mol. The van der Waals surface area contributed by atoms with Gasteiger partial charge in [-0.05, 0) is 12.1 Å². The van der Waals surface area contributed by atoms with Crippen LogP contribution in [0.2, 0.25) is 0 Å². The maximum absolute atomic E-state index is 11.1. The van der Waals surface area contributed by atoms with Crippen molar-refractivity contribution in [2.75, 3.05) is 5.32 Å². The average molecular weight is 284 g/mol. The molecule has 0 amide bonds. The largest absolute Gasteiger partial charge is 0.344 e. The Morgan fingerprint density at radius 3 is 1.95 bits per heavy atom. The molecule has 21 heavy (non-hydrogen) atoms. The fourth-order valence-corrected chi connectivity index (χ4v) is 1.76. The van der Waals surface area contributed by atoms with Gasteiger partial charge in [-0.25, -0.2) is 0 Å². The molecule has 8 heteroatoms. The average Bonchev–Trinajstić information content (AvgIpc) is 2.47. The Labute approximate surface area is 118 Å². The van der Waals surface area contributed by atoms with Gasteiger partial charge in [-0.3, -0.25) is 20.2 Å². The van der Waals surface area contributed by atoms with Crippen molar-refractivity contribution in [2.45, 2.75) is 0 Å². The van der Waals surface area contributed by atoms with Gasteiger partial charge >= 0.3 is 11.4 Å². The Bertz CT molecular complexity index is 718. The number of nitro groups is 2. The molecule has 0 aliphatic heterocycles. The fourth-order valence-electron chi connectivity index (χ4n) is 1.76. The summed E-state index contributed by atoms with van der Waals surface area (Å²) in [4.78, 5) is 20.6. The summed E-state index contributed by atoms with van der Waals surface area (Å²) in [6, 6.07) is 12.0. The van der Waals surface area contributed by atoms with Crippen LogP contribution in [0.3, 0.4) is 0 Å². The molecule has 0 unspecified atom stereocenters. The van der Waals surface area contributed by atoms with E-state index in [0.29, 0.717) is 5.69 Å². The van der Waals surface area contributed by atoms with E-state index in [1.165, 1.54) is 0 Å². The summed E-state index contributed by atoms with van der Waals surface area (Å²) in [5, 5.41) is 33.7. The fraction of sp³-hybridized carbons (Fsp3) is 0. The second-order valence-electron chi connectivity index (χ2n) is 4.01. The topological polar surface area (TPSA) is 122 Å². The molecule has 0 radical (unpaired) electrons. The van der Waals surface area contributed by atoms with Gasteiger partial charge in [0.15, 0.2) is 5.69 Å². The highest BCUT2D eigenvalue weighted by Gasteiger charge is 2.27. The lowest BCUT2D eigenvalue weighted by Crippen LogP contribution is -2.02. The Balaban J connectivity index is 2.64. The zero-order valence-electron chi connectivity index (χ0n) is 10.5. The first-order valence-electron chi connectivity index (χ1n) is 5.72. The molecule has 2 aromatic carbocycles. The number of hydrogen-bond donors (Lipinski definition) is 1. The van der Waals surface area contributed by atoms with Crippen molar-refractivity contribution >= 4 is 22.7 Å². The predicted octanol–water partition coefficient (Wildman–Crippen LogP) is 3.12. The third kappa shape index (κ3) is 2.93. The molecular formula is C13H8N4O4. The van der Waals surface area contributed by atoms with Crippen molar-refractivity contribution in [1.82, 2.24) is 0 Å². The van der Waals surface area contributed by atoms with E-state index in [1.54, 1.807) is 36.4 Å². The van der Waals surface area contributed by atoms with Crippen LogP contribution in [-0.2, 0) is 0 Å². The molecule has 0 heterocycles. The highest BCUT2D eigenvalue weighted by Crippen LogP contribution is 2.37. The van der Waals surface area contributed by atoms with Crippen molar-refractivity contribution in [2.24, 2.45) is 0 Å². The summed E-state index contributed by atoms with van der Waals surface area (Å²) in [6.07, 6.45) is 0. The third-order valence-electron chi connectivity index (χ3n) is 2.66. The molecule has 0 aromatic heterocycles. The van der Waals surface area contributed by atoms with E-state index in [9.17, 15) is 20.2 Å². The summed E-state index contributed by atoms with van der Waals surface area (Å²) in [5.74, 6) is 0. The molecule has 2 rings (SSSR count). The number of anilines is 2. The first kappa shape index (κ1) is 14.0. The molecule has 1 N–H and O–H groups in total. The van der Waals surface area contributed by atoms with E-state index in [4.69, 9.17) is 5.26 Å². The smallest absolute Gasteiger partial charge is 0.301 e. The Hall–Kier alpha value is -3.47. The van der Waals surface area contributed by atoms with Gasteiger partial charge in [0.05, 0.1) is 21.5 Å². The van der Waals surface area contributed by atoms with Crippen LogP contribution in [0.5, 0.6) is 0 Å². The zero-order chi connectivity index (χ0) is 15.4. The molecule has 0 saturated heterocycles. The lowest BCUT2D eigenvalue weighted by atomic mass is 10.1. The van der Waals surface area contributed by atoms with Crippen LogP contribution in [0.25, 0.3) is 0 Å². The van der Waals surface area contributed by atoms with Crippen LogP contribution >= 0.6 is 0 Å².